The lowest BCUT2D eigenvalue weighted by molar-refractivity contribution is 0.866. The predicted molar refractivity (Wildman–Crippen MR) is 173 cm³/mol. The van der Waals surface area contributed by atoms with Gasteiger partial charge in [0, 0.05) is 46.3 Å². The Bertz CT molecular complexity index is 1830. The van der Waals surface area contributed by atoms with Crippen LogP contribution < -0.4 is 4.90 Å². The van der Waals surface area contributed by atoms with E-state index in [2.05, 4.69) is 167 Å². The molecule has 41 heavy (non-hydrogen) atoms. The van der Waals surface area contributed by atoms with Gasteiger partial charge < -0.3 is 9.47 Å². The summed E-state index contributed by atoms with van der Waals surface area (Å²) in [4.78, 5) is 2.38. The van der Waals surface area contributed by atoms with Crippen LogP contribution in [0, 0.1) is 0 Å². The predicted octanol–water partition coefficient (Wildman–Crippen LogP) is 9.77. The van der Waals surface area contributed by atoms with E-state index >= 15 is 0 Å². The first-order chi connectivity index (χ1) is 20.3. The molecule has 7 rings (SSSR count). The molecule has 1 heterocycles. The van der Waals surface area contributed by atoms with E-state index in [0.717, 1.165) is 19.5 Å². The molecule has 0 atom stereocenters. The lowest BCUT2D eigenvalue weighted by Crippen LogP contribution is -2.16. The molecule has 2 heteroatoms. The van der Waals surface area contributed by atoms with Crippen molar-refractivity contribution in [3.8, 4) is 0 Å². The Morgan fingerprint density at radius 3 is 1.46 bits per heavy atom. The molecule has 0 saturated heterocycles. The smallest absolute Gasteiger partial charge is 0.0494 e. The van der Waals surface area contributed by atoms with Gasteiger partial charge in [-0.25, -0.2) is 0 Å². The molecule has 0 N–H and O–H groups in total. The minimum atomic E-state index is 0.815. The van der Waals surface area contributed by atoms with Gasteiger partial charge in [-0.15, -0.1) is 0 Å². The number of para-hydroxylation sites is 4. The van der Waals surface area contributed by atoms with Gasteiger partial charge in [0.2, 0.25) is 0 Å². The van der Waals surface area contributed by atoms with Crippen LogP contribution in [0.1, 0.15) is 22.3 Å². The number of hydrogen-bond acceptors (Lipinski definition) is 1. The molecule has 0 aliphatic heterocycles. The number of hydrogen-bond donors (Lipinski definition) is 0. The fourth-order valence-electron chi connectivity index (χ4n) is 6.00. The zero-order chi connectivity index (χ0) is 27.4. The lowest BCUT2D eigenvalue weighted by Gasteiger charge is -2.25. The van der Waals surface area contributed by atoms with Crippen molar-refractivity contribution in [3.05, 3.63) is 180 Å². The summed E-state index contributed by atoms with van der Waals surface area (Å²) in [5, 5.41) is 2.63. The maximum Gasteiger partial charge on any atom is 0.0494 e. The second-order valence-corrected chi connectivity index (χ2v) is 10.7. The average Bonchev–Trinajstić information content (AvgIpc) is 3.34. The Morgan fingerprint density at radius 1 is 0.415 bits per heavy atom. The van der Waals surface area contributed by atoms with Crippen molar-refractivity contribution in [3.63, 3.8) is 0 Å². The first kappa shape index (κ1) is 24.9. The number of fused-ring (bicyclic) bond motifs is 3. The molecule has 0 bridgehead atoms. The molecule has 6 aromatic carbocycles. The standard InChI is InChI=1S/C39H32N2/c1-3-17-34(18-4-1)40(35-19-5-2-6-20-35)28-32-15-11-13-30(26-32)25-31-14-12-16-33(27-31)29-41-38-23-9-7-21-36(38)37-22-8-10-24-39(37)41/h1-24,26-27H,25,28-29H2. The second kappa shape index (κ2) is 11.2. The van der Waals surface area contributed by atoms with Gasteiger partial charge in [-0.2, -0.15) is 0 Å². The SMILES string of the molecule is c1ccc(N(Cc2cccc(Cc3cccc(Cn4c5ccccc5c5ccccc54)c3)c2)c2ccccc2)cc1. The molecule has 0 spiro atoms. The Balaban J connectivity index is 1.14. The summed E-state index contributed by atoms with van der Waals surface area (Å²) < 4.78 is 2.45. The van der Waals surface area contributed by atoms with Crippen LogP contribution in [0.25, 0.3) is 21.8 Å². The summed E-state index contributed by atoms with van der Waals surface area (Å²) in [7, 11) is 0. The van der Waals surface area contributed by atoms with E-state index in [-0.39, 0.29) is 0 Å². The summed E-state index contributed by atoms with van der Waals surface area (Å²) in [6, 6.07) is 56.9. The van der Waals surface area contributed by atoms with Crippen molar-refractivity contribution in [1.82, 2.24) is 4.57 Å². The first-order valence-corrected chi connectivity index (χ1v) is 14.3. The third kappa shape index (κ3) is 5.25. The van der Waals surface area contributed by atoms with E-state index in [4.69, 9.17) is 0 Å². The van der Waals surface area contributed by atoms with Crippen molar-refractivity contribution in [1.29, 1.82) is 0 Å². The van der Waals surface area contributed by atoms with Crippen molar-refractivity contribution in [2.24, 2.45) is 0 Å². The minimum Gasteiger partial charge on any atom is -0.337 e. The van der Waals surface area contributed by atoms with E-state index in [1.54, 1.807) is 0 Å². The zero-order valence-electron chi connectivity index (χ0n) is 23.0. The molecule has 0 amide bonds. The van der Waals surface area contributed by atoms with E-state index < -0.39 is 0 Å². The number of nitrogens with zero attached hydrogens (tertiary/aromatic N) is 2. The molecule has 2 nitrogen and oxygen atoms in total. The van der Waals surface area contributed by atoms with E-state index in [0.29, 0.717) is 0 Å². The monoisotopic (exact) mass is 528 g/mol. The van der Waals surface area contributed by atoms with Gasteiger partial charge in [0.05, 0.1) is 0 Å². The Morgan fingerprint density at radius 2 is 0.878 bits per heavy atom. The summed E-state index contributed by atoms with van der Waals surface area (Å²) in [6.45, 7) is 1.67. The van der Waals surface area contributed by atoms with Crippen LogP contribution in [0.5, 0.6) is 0 Å². The number of benzene rings is 6. The van der Waals surface area contributed by atoms with E-state index in [1.165, 1.54) is 55.4 Å². The number of rotatable bonds is 8. The minimum absolute atomic E-state index is 0.815. The van der Waals surface area contributed by atoms with Gasteiger partial charge in [-0.05, 0) is 65.1 Å². The highest BCUT2D eigenvalue weighted by atomic mass is 15.1. The Kier molecular flexibility index (Phi) is 6.80. The quantitative estimate of drug-likeness (QED) is 0.191. The Hall–Kier alpha value is -5.08. The molecule has 7 aromatic rings. The molecule has 0 fully saturated rings. The third-order valence-corrected chi connectivity index (χ3v) is 7.89. The lowest BCUT2D eigenvalue weighted by atomic mass is 10.0. The fourth-order valence-corrected chi connectivity index (χ4v) is 6.00. The van der Waals surface area contributed by atoms with Crippen molar-refractivity contribution in [2.75, 3.05) is 4.90 Å². The van der Waals surface area contributed by atoms with E-state index in [1.807, 2.05) is 0 Å². The molecular weight excluding hydrogens is 496 g/mol. The van der Waals surface area contributed by atoms with Crippen LogP contribution >= 0.6 is 0 Å². The number of aromatic nitrogens is 1. The van der Waals surface area contributed by atoms with E-state index in [9.17, 15) is 0 Å². The highest BCUT2D eigenvalue weighted by Crippen LogP contribution is 2.30. The van der Waals surface area contributed by atoms with Crippen molar-refractivity contribution in [2.45, 2.75) is 19.5 Å². The summed E-state index contributed by atoms with van der Waals surface area (Å²) in [5.74, 6) is 0. The van der Waals surface area contributed by atoms with Crippen LogP contribution in [0.2, 0.25) is 0 Å². The molecule has 0 aliphatic carbocycles. The van der Waals surface area contributed by atoms with Gasteiger partial charge in [0.25, 0.3) is 0 Å². The Labute approximate surface area is 241 Å². The van der Waals surface area contributed by atoms with Gasteiger partial charge in [0.1, 0.15) is 0 Å². The normalized spacial score (nSPS) is 11.2. The highest BCUT2D eigenvalue weighted by molar-refractivity contribution is 6.08. The molecule has 0 aliphatic rings. The third-order valence-electron chi connectivity index (χ3n) is 7.89. The first-order valence-electron chi connectivity index (χ1n) is 14.3. The molecule has 198 valence electrons. The summed E-state index contributed by atoms with van der Waals surface area (Å²) >= 11 is 0. The van der Waals surface area contributed by atoms with Crippen LogP contribution in [-0.4, -0.2) is 4.57 Å². The fraction of sp³-hybridized carbons (Fsp3) is 0.0769. The maximum absolute atomic E-state index is 2.45. The van der Waals surface area contributed by atoms with Crippen molar-refractivity contribution >= 4 is 33.2 Å². The van der Waals surface area contributed by atoms with Crippen LogP contribution in [0.3, 0.4) is 0 Å². The topological polar surface area (TPSA) is 8.17 Å². The summed E-state index contributed by atoms with van der Waals surface area (Å²) in [5.41, 5.74) is 10.3. The van der Waals surface area contributed by atoms with Crippen LogP contribution in [0.4, 0.5) is 11.4 Å². The zero-order valence-corrected chi connectivity index (χ0v) is 23.0. The average molecular weight is 529 g/mol. The second-order valence-electron chi connectivity index (χ2n) is 10.7. The van der Waals surface area contributed by atoms with Gasteiger partial charge >= 0.3 is 0 Å². The van der Waals surface area contributed by atoms with Crippen molar-refractivity contribution < 1.29 is 0 Å². The highest BCUT2D eigenvalue weighted by Gasteiger charge is 2.12. The molecule has 0 radical (unpaired) electrons. The van der Waals surface area contributed by atoms with Crippen LogP contribution in [-0.2, 0) is 19.5 Å². The number of anilines is 2. The molecular formula is C39H32N2. The van der Waals surface area contributed by atoms with Gasteiger partial charge in [0.15, 0.2) is 0 Å². The van der Waals surface area contributed by atoms with Gasteiger partial charge in [-0.1, -0.05) is 121 Å². The molecule has 0 unspecified atom stereocenters. The largest absolute Gasteiger partial charge is 0.337 e. The molecule has 1 aromatic heterocycles. The summed E-state index contributed by atoms with van der Waals surface area (Å²) in [6.07, 6.45) is 0.908. The van der Waals surface area contributed by atoms with Gasteiger partial charge in [-0.3, -0.25) is 0 Å². The molecule has 0 saturated carbocycles. The maximum atomic E-state index is 2.45. The van der Waals surface area contributed by atoms with Crippen LogP contribution in [0.15, 0.2) is 158 Å².